The van der Waals surface area contributed by atoms with Crippen molar-refractivity contribution in [1.82, 2.24) is 0 Å². The van der Waals surface area contributed by atoms with E-state index < -0.39 is 23.5 Å². The first kappa shape index (κ1) is 13.2. The summed E-state index contributed by atoms with van der Waals surface area (Å²) in [6.07, 6.45) is -0.271. The first-order valence-electron chi connectivity index (χ1n) is 5.05. The van der Waals surface area contributed by atoms with Crippen LogP contribution >= 0.6 is 0 Å². The van der Waals surface area contributed by atoms with Crippen molar-refractivity contribution in [3.63, 3.8) is 0 Å². The summed E-state index contributed by atoms with van der Waals surface area (Å²) in [6.45, 7) is 1.50. The Morgan fingerprint density at radius 1 is 1.47 bits per heavy atom. The van der Waals surface area contributed by atoms with Crippen molar-refractivity contribution in [1.29, 1.82) is 0 Å². The maximum absolute atomic E-state index is 13.3. The molecule has 0 aliphatic rings. The fourth-order valence-corrected chi connectivity index (χ4v) is 1.46. The van der Waals surface area contributed by atoms with E-state index in [0.717, 1.165) is 6.07 Å². The number of carbonyl (C=O) groups excluding carboxylic acids is 1. The lowest BCUT2D eigenvalue weighted by atomic mass is 9.96. The number of carboxylic acid groups (broad SMARTS) is 1. The Balaban J connectivity index is 2.89. The van der Waals surface area contributed by atoms with Gasteiger partial charge in [-0.15, -0.1) is 0 Å². The molecule has 1 atom stereocenters. The minimum absolute atomic E-state index is 0.0486. The number of ether oxygens (including phenoxy) is 1. The van der Waals surface area contributed by atoms with Gasteiger partial charge in [-0.2, -0.15) is 0 Å². The van der Waals surface area contributed by atoms with Crippen molar-refractivity contribution < 1.29 is 23.8 Å². The Labute approximate surface area is 98.0 Å². The topological polar surface area (TPSA) is 63.6 Å². The third-order valence-electron chi connectivity index (χ3n) is 2.36. The number of methoxy groups -OCH3 is 1. The lowest BCUT2D eigenvalue weighted by Gasteiger charge is -2.09. The number of carbonyl (C=O) groups is 2. The van der Waals surface area contributed by atoms with Gasteiger partial charge in [0.15, 0.2) is 17.3 Å². The molecule has 0 saturated carbocycles. The molecular formula is C12H13FO4. The second kappa shape index (κ2) is 5.43. The molecule has 1 aromatic carbocycles. The number of hydrogen-bond acceptors (Lipinski definition) is 3. The van der Waals surface area contributed by atoms with E-state index in [1.54, 1.807) is 0 Å². The molecule has 0 bridgehead atoms. The fourth-order valence-electron chi connectivity index (χ4n) is 1.46. The number of benzene rings is 1. The molecule has 5 heteroatoms. The molecule has 17 heavy (non-hydrogen) atoms. The summed E-state index contributed by atoms with van der Waals surface area (Å²) in [5, 5.41) is 8.57. The number of halogens is 1. The molecule has 0 heterocycles. The third kappa shape index (κ3) is 3.27. The van der Waals surface area contributed by atoms with Crippen molar-refractivity contribution in [3.8, 4) is 5.75 Å². The Morgan fingerprint density at radius 2 is 2.12 bits per heavy atom. The first-order valence-corrected chi connectivity index (χ1v) is 5.05. The molecular weight excluding hydrogens is 227 g/mol. The van der Waals surface area contributed by atoms with Crippen LogP contribution in [0.2, 0.25) is 0 Å². The Morgan fingerprint density at radius 3 is 2.59 bits per heavy atom. The molecule has 0 aliphatic heterocycles. The quantitative estimate of drug-likeness (QED) is 0.801. The SMILES string of the molecule is COc1ccc(C(=O)C(C)CC(=O)O)cc1F. The van der Waals surface area contributed by atoms with Crippen LogP contribution in [0.3, 0.4) is 0 Å². The van der Waals surface area contributed by atoms with Gasteiger partial charge in [0.2, 0.25) is 0 Å². The van der Waals surface area contributed by atoms with Crippen LogP contribution in [0, 0.1) is 11.7 Å². The highest BCUT2D eigenvalue weighted by Gasteiger charge is 2.19. The van der Waals surface area contributed by atoms with Gasteiger partial charge in [-0.05, 0) is 18.2 Å². The van der Waals surface area contributed by atoms with Crippen LogP contribution < -0.4 is 4.74 Å². The predicted molar refractivity (Wildman–Crippen MR) is 58.7 cm³/mol. The van der Waals surface area contributed by atoms with Gasteiger partial charge in [0.25, 0.3) is 0 Å². The Kier molecular flexibility index (Phi) is 4.20. The van der Waals surface area contributed by atoms with Crippen molar-refractivity contribution in [2.75, 3.05) is 7.11 Å². The zero-order valence-electron chi connectivity index (χ0n) is 9.57. The van der Waals surface area contributed by atoms with E-state index in [9.17, 15) is 14.0 Å². The number of Topliss-reactive ketones (excluding diaryl/α,β-unsaturated/α-hetero) is 1. The molecule has 0 saturated heterocycles. The van der Waals surface area contributed by atoms with Gasteiger partial charge in [-0.3, -0.25) is 9.59 Å². The minimum Gasteiger partial charge on any atom is -0.494 e. The molecule has 0 aromatic heterocycles. The van der Waals surface area contributed by atoms with Crippen LogP contribution in [0.5, 0.6) is 5.75 Å². The van der Waals surface area contributed by atoms with Crippen LogP contribution in [0.25, 0.3) is 0 Å². The summed E-state index contributed by atoms with van der Waals surface area (Å²) >= 11 is 0. The molecule has 1 aromatic rings. The van der Waals surface area contributed by atoms with Gasteiger partial charge in [0, 0.05) is 11.5 Å². The first-order chi connectivity index (χ1) is 7.95. The van der Waals surface area contributed by atoms with E-state index in [2.05, 4.69) is 0 Å². The third-order valence-corrected chi connectivity index (χ3v) is 2.36. The highest BCUT2D eigenvalue weighted by atomic mass is 19.1. The molecule has 0 aliphatic carbocycles. The molecule has 0 spiro atoms. The van der Waals surface area contributed by atoms with Gasteiger partial charge in [-0.1, -0.05) is 6.92 Å². The average Bonchev–Trinajstić information content (AvgIpc) is 2.27. The number of ketones is 1. The Hall–Kier alpha value is -1.91. The zero-order chi connectivity index (χ0) is 13.0. The molecule has 1 rings (SSSR count). The molecule has 92 valence electrons. The smallest absolute Gasteiger partial charge is 0.304 e. The second-order valence-electron chi connectivity index (χ2n) is 3.71. The summed E-state index contributed by atoms with van der Waals surface area (Å²) in [5.74, 6) is -2.72. The standard InChI is InChI=1S/C12H13FO4/c1-7(5-11(14)15)12(16)8-3-4-10(17-2)9(13)6-8/h3-4,6-7H,5H2,1-2H3,(H,14,15). The van der Waals surface area contributed by atoms with E-state index in [1.807, 2.05) is 0 Å². The lowest BCUT2D eigenvalue weighted by Crippen LogP contribution is -2.15. The van der Waals surface area contributed by atoms with Crippen LogP contribution in [-0.4, -0.2) is 24.0 Å². The van der Waals surface area contributed by atoms with Gasteiger partial charge < -0.3 is 9.84 Å². The summed E-state index contributed by atoms with van der Waals surface area (Å²) in [4.78, 5) is 22.2. The van der Waals surface area contributed by atoms with Crippen LogP contribution in [0.15, 0.2) is 18.2 Å². The normalized spacial score (nSPS) is 11.9. The van der Waals surface area contributed by atoms with Crippen molar-refractivity contribution in [3.05, 3.63) is 29.6 Å². The maximum atomic E-state index is 13.3. The summed E-state index contributed by atoms with van der Waals surface area (Å²) < 4.78 is 18.1. The monoisotopic (exact) mass is 240 g/mol. The molecule has 0 radical (unpaired) electrons. The summed E-state index contributed by atoms with van der Waals surface area (Å²) in [7, 11) is 1.33. The number of carboxylic acids is 1. The summed E-state index contributed by atoms with van der Waals surface area (Å²) in [6, 6.07) is 3.82. The lowest BCUT2D eigenvalue weighted by molar-refractivity contribution is -0.137. The van der Waals surface area contributed by atoms with Crippen molar-refractivity contribution in [2.24, 2.45) is 5.92 Å². The highest BCUT2D eigenvalue weighted by Crippen LogP contribution is 2.20. The summed E-state index contributed by atoms with van der Waals surface area (Å²) in [5.41, 5.74) is 0.150. The minimum atomic E-state index is -1.06. The van der Waals surface area contributed by atoms with Crippen LogP contribution in [0.4, 0.5) is 4.39 Å². The average molecular weight is 240 g/mol. The number of hydrogen-bond donors (Lipinski definition) is 1. The van der Waals surface area contributed by atoms with Crippen molar-refractivity contribution >= 4 is 11.8 Å². The van der Waals surface area contributed by atoms with Crippen LogP contribution in [0.1, 0.15) is 23.7 Å². The maximum Gasteiger partial charge on any atom is 0.304 e. The van der Waals surface area contributed by atoms with Crippen molar-refractivity contribution in [2.45, 2.75) is 13.3 Å². The molecule has 1 unspecified atom stereocenters. The van der Waals surface area contributed by atoms with Crippen LogP contribution in [-0.2, 0) is 4.79 Å². The largest absolute Gasteiger partial charge is 0.494 e. The molecule has 4 nitrogen and oxygen atoms in total. The zero-order valence-corrected chi connectivity index (χ0v) is 9.57. The van der Waals surface area contributed by atoms with Gasteiger partial charge >= 0.3 is 5.97 Å². The predicted octanol–water partition coefficient (Wildman–Crippen LogP) is 2.13. The fraction of sp³-hybridized carbons (Fsp3) is 0.333. The Bertz CT molecular complexity index is 442. The highest BCUT2D eigenvalue weighted by molar-refractivity contribution is 5.99. The second-order valence-corrected chi connectivity index (χ2v) is 3.71. The van der Waals surface area contributed by atoms with E-state index in [4.69, 9.17) is 9.84 Å². The number of aliphatic carboxylic acids is 1. The van der Waals surface area contributed by atoms with E-state index in [1.165, 1.54) is 26.2 Å². The molecule has 0 fully saturated rings. The number of rotatable bonds is 5. The van der Waals surface area contributed by atoms with Gasteiger partial charge in [0.1, 0.15) is 0 Å². The molecule has 1 N–H and O–H groups in total. The van der Waals surface area contributed by atoms with Gasteiger partial charge in [-0.25, -0.2) is 4.39 Å². The van der Waals surface area contributed by atoms with E-state index in [-0.39, 0.29) is 17.7 Å². The van der Waals surface area contributed by atoms with E-state index >= 15 is 0 Å². The van der Waals surface area contributed by atoms with E-state index in [0.29, 0.717) is 0 Å². The molecule has 0 amide bonds. The van der Waals surface area contributed by atoms with Gasteiger partial charge in [0.05, 0.1) is 13.5 Å².